The fourth-order valence-electron chi connectivity index (χ4n) is 5.47. The predicted molar refractivity (Wildman–Crippen MR) is 176 cm³/mol. The van der Waals surface area contributed by atoms with Gasteiger partial charge in [0.2, 0.25) is 11.1 Å². The zero-order valence-electron chi connectivity index (χ0n) is 24.1. The number of carbonyl (C=O) groups is 1. The number of esters is 1. The predicted octanol–water partition coefficient (Wildman–Crippen LogP) is 9.27. The highest BCUT2D eigenvalue weighted by atomic mass is 35.5. The molecule has 1 aliphatic carbocycles. The first-order valence-electron chi connectivity index (χ1n) is 14.5. The van der Waals surface area contributed by atoms with Crippen molar-refractivity contribution in [3.05, 3.63) is 110 Å². The largest absolute Gasteiger partial charge is 0.489 e. The van der Waals surface area contributed by atoms with Crippen molar-refractivity contribution < 1.29 is 14.3 Å². The van der Waals surface area contributed by atoms with Gasteiger partial charge in [0.15, 0.2) is 0 Å². The summed E-state index contributed by atoms with van der Waals surface area (Å²) in [4.78, 5) is 18.5. The highest BCUT2D eigenvalue weighted by Gasteiger charge is 2.36. The maximum atomic E-state index is 13.8. The first-order valence-corrected chi connectivity index (χ1v) is 16.7. The Morgan fingerprint density at radius 3 is 2.50 bits per heavy atom. The standard InChI is InChI=1S/C33H31Cl3N4O3S/c1-20-29(31(41)43-26-8-3-2-4-9-26)30(21-12-15-25(16-13-21)42-18-22-11-14-24(34)17-28(22)36)40-32(37-20)38-33(39-40)44-19-23-7-5-6-10-27(23)35/h5-7,10-17,26,30H,2-4,8-9,18-19H2,1H3,(H,37,38,39). The number of anilines is 1. The number of fused-ring (bicyclic) bond motifs is 1. The molecule has 1 atom stereocenters. The van der Waals surface area contributed by atoms with E-state index in [0.717, 1.165) is 42.4 Å². The summed E-state index contributed by atoms with van der Waals surface area (Å²) in [6.45, 7) is 2.17. The van der Waals surface area contributed by atoms with Gasteiger partial charge in [0, 0.05) is 32.1 Å². The molecule has 7 nitrogen and oxygen atoms in total. The van der Waals surface area contributed by atoms with Crippen LogP contribution < -0.4 is 10.1 Å². The number of carbonyl (C=O) groups excluding carboxylic acids is 1. The molecule has 44 heavy (non-hydrogen) atoms. The van der Waals surface area contributed by atoms with Gasteiger partial charge in [0.25, 0.3) is 0 Å². The number of rotatable bonds is 9. The second-order valence-electron chi connectivity index (χ2n) is 10.9. The Morgan fingerprint density at radius 2 is 1.75 bits per heavy atom. The average molecular weight is 670 g/mol. The Hall–Kier alpha value is -3.17. The molecule has 1 aromatic heterocycles. The number of allylic oxidation sites excluding steroid dienone is 1. The molecule has 0 bridgehead atoms. The quantitative estimate of drug-likeness (QED) is 0.141. The average Bonchev–Trinajstić information content (AvgIpc) is 3.42. The van der Waals surface area contributed by atoms with Crippen LogP contribution in [0.2, 0.25) is 15.1 Å². The summed E-state index contributed by atoms with van der Waals surface area (Å²) in [6.07, 6.45) is 5.01. The molecule has 0 amide bonds. The lowest BCUT2D eigenvalue weighted by Crippen LogP contribution is -2.32. The zero-order chi connectivity index (χ0) is 30.6. The molecule has 0 spiro atoms. The minimum Gasteiger partial charge on any atom is -0.489 e. The van der Waals surface area contributed by atoms with Gasteiger partial charge in [-0.1, -0.05) is 89.4 Å². The number of benzene rings is 3. The minimum absolute atomic E-state index is 0.0773. The van der Waals surface area contributed by atoms with Crippen LogP contribution in [0.15, 0.2) is 83.2 Å². The molecule has 228 valence electrons. The van der Waals surface area contributed by atoms with E-state index in [1.54, 1.807) is 16.8 Å². The summed E-state index contributed by atoms with van der Waals surface area (Å²) < 4.78 is 13.8. The molecular formula is C33H31Cl3N4O3S. The van der Waals surface area contributed by atoms with Gasteiger partial charge in [-0.05, 0) is 74.1 Å². The first-order chi connectivity index (χ1) is 21.4. The van der Waals surface area contributed by atoms with Crippen LogP contribution in [0.25, 0.3) is 0 Å². The number of halogens is 3. The molecule has 2 heterocycles. The van der Waals surface area contributed by atoms with E-state index in [1.165, 1.54) is 18.2 Å². The van der Waals surface area contributed by atoms with E-state index in [2.05, 4.69) is 5.32 Å². The number of nitrogens with zero attached hydrogens (tertiary/aromatic N) is 3. The van der Waals surface area contributed by atoms with Gasteiger partial charge in [-0.25, -0.2) is 9.48 Å². The molecule has 6 rings (SSSR count). The van der Waals surface area contributed by atoms with Gasteiger partial charge in [0.1, 0.15) is 24.5 Å². The highest BCUT2D eigenvalue weighted by Crippen LogP contribution is 2.38. The minimum atomic E-state index is -0.538. The third-order valence-corrected chi connectivity index (χ3v) is 9.64. The topological polar surface area (TPSA) is 78.3 Å². The van der Waals surface area contributed by atoms with Crippen LogP contribution in [0, 0.1) is 0 Å². The van der Waals surface area contributed by atoms with E-state index in [4.69, 9.17) is 54.4 Å². The molecule has 0 radical (unpaired) electrons. The summed E-state index contributed by atoms with van der Waals surface area (Å²) in [5.41, 5.74) is 3.89. The number of hydrogen-bond acceptors (Lipinski definition) is 7. The lowest BCUT2D eigenvalue weighted by molar-refractivity contribution is -0.146. The Kier molecular flexibility index (Phi) is 9.71. The van der Waals surface area contributed by atoms with Crippen molar-refractivity contribution in [3.8, 4) is 5.75 Å². The summed E-state index contributed by atoms with van der Waals surface area (Å²) in [7, 11) is 0. The molecule has 1 fully saturated rings. The number of ether oxygens (including phenoxy) is 2. The molecule has 1 unspecified atom stereocenters. The Morgan fingerprint density at radius 1 is 0.977 bits per heavy atom. The van der Waals surface area contributed by atoms with Gasteiger partial charge < -0.3 is 14.8 Å². The summed E-state index contributed by atoms with van der Waals surface area (Å²) in [6, 6.07) is 20.2. The number of aromatic nitrogens is 3. The first kappa shape index (κ1) is 30.8. The van der Waals surface area contributed by atoms with Crippen LogP contribution in [0.4, 0.5) is 5.95 Å². The molecule has 4 aromatic rings. The maximum Gasteiger partial charge on any atom is 0.338 e. The summed E-state index contributed by atoms with van der Waals surface area (Å²) in [5.74, 6) is 1.49. The van der Waals surface area contributed by atoms with Gasteiger partial charge >= 0.3 is 5.97 Å². The molecule has 1 saturated carbocycles. The Labute approximate surface area is 275 Å². The van der Waals surface area contributed by atoms with Crippen LogP contribution in [0.5, 0.6) is 5.75 Å². The van der Waals surface area contributed by atoms with Crippen LogP contribution in [0.3, 0.4) is 0 Å². The van der Waals surface area contributed by atoms with Crippen LogP contribution in [-0.2, 0) is 21.9 Å². The van der Waals surface area contributed by atoms with Crippen LogP contribution in [-0.4, -0.2) is 26.8 Å². The van der Waals surface area contributed by atoms with E-state index in [9.17, 15) is 4.79 Å². The van der Waals surface area contributed by atoms with Crippen molar-refractivity contribution in [2.75, 3.05) is 5.32 Å². The van der Waals surface area contributed by atoms with E-state index in [1.807, 2.05) is 61.5 Å². The van der Waals surface area contributed by atoms with Crippen LogP contribution in [0.1, 0.15) is 61.8 Å². The summed E-state index contributed by atoms with van der Waals surface area (Å²) >= 11 is 20.2. The zero-order valence-corrected chi connectivity index (χ0v) is 27.1. The van der Waals surface area contributed by atoms with Crippen molar-refractivity contribution in [3.63, 3.8) is 0 Å². The van der Waals surface area contributed by atoms with E-state index in [-0.39, 0.29) is 12.1 Å². The SMILES string of the molecule is CC1=C(C(=O)OC2CCCCC2)C(c2ccc(OCc3ccc(Cl)cc3Cl)cc2)n2nc(SCc3ccccc3Cl)nc2N1. The van der Waals surface area contributed by atoms with Crippen molar-refractivity contribution in [1.29, 1.82) is 0 Å². The normalized spacial score (nSPS) is 16.8. The van der Waals surface area contributed by atoms with Gasteiger partial charge in [-0.3, -0.25) is 0 Å². The highest BCUT2D eigenvalue weighted by molar-refractivity contribution is 7.98. The summed E-state index contributed by atoms with van der Waals surface area (Å²) in [5, 5.41) is 10.5. The monoisotopic (exact) mass is 668 g/mol. The van der Waals surface area contributed by atoms with Crippen molar-refractivity contribution in [1.82, 2.24) is 14.8 Å². The lowest BCUT2D eigenvalue weighted by Gasteiger charge is -2.30. The molecule has 2 aliphatic rings. The Balaban J connectivity index is 1.27. The molecular weight excluding hydrogens is 639 g/mol. The Bertz CT molecular complexity index is 1690. The van der Waals surface area contributed by atoms with Crippen molar-refractivity contribution >= 4 is 58.5 Å². The molecule has 0 saturated heterocycles. The van der Waals surface area contributed by atoms with E-state index < -0.39 is 6.04 Å². The second-order valence-corrected chi connectivity index (χ2v) is 13.1. The lowest BCUT2D eigenvalue weighted by atomic mass is 9.95. The molecule has 3 aromatic carbocycles. The van der Waals surface area contributed by atoms with Crippen molar-refractivity contribution in [2.45, 2.75) is 68.7 Å². The van der Waals surface area contributed by atoms with Gasteiger partial charge in [-0.15, -0.1) is 5.10 Å². The van der Waals surface area contributed by atoms with Crippen LogP contribution >= 0.6 is 46.6 Å². The number of hydrogen-bond donors (Lipinski definition) is 1. The number of nitrogens with one attached hydrogen (secondary N) is 1. The smallest absolute Gasteiger partial charge is 0.338 e. The third kappa shape index (κ3) is 7.04. The third-order valence-electron chi connectivity index (χ3n) is 7.80. The maximum absolute atomic E-state index is 13.8. The molecule has 1 aliphatic heterocycles. The number of thioether (sulfide) groups is 1. The van der Waals surface area contributed by atoms with Gasteiger partial charge in [-0.2, -0.15) is 4.98 Å². The molecule has 1 N–H and O–H groups in total. The van der Waals surface area contributed by atoms with Crippen molar-refractivity contribution in [2.24, 2.45) is 0 Å². The van der Waals surface area contributed by atoms with E-state index in [0.29, 0.717) is 55.6 Å². The van der Waals surface area contributed by atoms with Gasteiger partial charge in [0.05, 0.1) is 5.57 Å². The van der Waals surface area contributed by atoms with E-state index >= 15 is 0 Å². The fourth-order valence-corrected chi connectivity index (χ4v) is 7.04. The second kappa shape index (κ2) is 13.9. The fraction of sp³-hybridized carbons (Fsp3) is 0.303. The molecule has 11 heteroatoms.